The molecule has 1 saturated heterocycles. The maximum atomic E-state index is 13.3. The molecular formula is C20H28Cl2N4O. The molecule has 148 valence electrons. The molecule has 27 heavy (non-hydrogen) atoms. The summed E-state index contributed by atoms with van der Waals surface area (Å²) in [5.74, 6) is -0.00686. The van der Waals surface area contributed by atoms with Gasteiger partial charge in [-0.05, 0) is 45.2 Å². The number of aromatic nitrogens is 2. The topological polar surface area (TPSA) is 64.2 Å². The van der Waals surface area contributed by atoms with Gasteiger partial charge in [0.05, 0.1) is 16.1 Å². The first-order valence-corrected chi connectivity index (χ1v) is 9.37. The second kappa shape index (κ2) is 7.82. The molecule has 0 spiro atoms. The van der Waals surface area contributed by atoms with Crippen LogP contribution in [-0.2, 0) is 5.54 Å². The van der Waals surface area contributed by atoms with Crippen molar-refractivity contribution in [2.75, 3.05) is 19.6 Å². The number of carbonyl (C=O) groups is 1. The fraction of sp³-hybridized carbons (Fsp3) is 0.500. The molecule has 1 atom stereocenters. The van der Waals surface area contributed by atoms with Crippen molar-refractivity contribution in [3.8, 4) is 11.3 Å². The van der Waals surface area contributed by atoms with Gasteiger partial charge in [-0.3, -0.25) is 9.48 Å². The predicted molar refractivity (Wildman–Crippen MR) is 113 cm³/mol. The number of hydrogen-bond donors (Lipinski definition) is 1. The highest BCUT2D eigenvalue weighted by atomic mass is 35.5. The monoisotopic (exact) mass is 410 g/mol. The van der Waals surface area contributed by atoms with Gasteiger partial charge in [-0.1, -0.05) is 36.7 Å². The average Bonchev–Trinajstić information content (AvgIpc) is 3.19. The van der Waals surface area contributed by atoms with Gasteiger partial charge in [0.25, 0.3) is 5.91 Å². The second-order valence-corrected chi connectivity index (χ2v) is 8.89. The first kappa shape index (κ1) is 21.7. The average molecular weight is 411 g/mol. The van der Waals surface area contributed by atoms with E-state index in [0.29, 0.717) is 29.4 Å². The quantitative estimate of drug-likeness (QED) is 0.824. The number of halogens is 2. The molecule has 7 heteroatoms. The lowest BCUT2D eigenvalue weighted by Gasteiger charge is -2.22. The minimum atomic E-state index is -0.231. The van der Waals surface area contributed by atoms with E-state index in [4.69, 9.17) is 22.4 Å². The Balaban J connectivity index is 0.00000261. The molecule has 2 aromatic rings. The van der Waals surface area contributed by atoms with Crippen molar-refractivity contribution in [2.45, 2.75) is 39.7 Å². The van der Waals surface area contributed by atoms with Crippen LogP contribution in [0.3, 0.4) is 0 Å². The maximum Gasteiger partial charge on any atom is 0.257 e. The molecule has 3 rings (SSSR count). The molecule has 1 aromatic heterocycles. The summed E-state index contributed by atoms with van der Waals surface area (Å²) in [5, 5.41) is 5.31. The third kappa shape index (κ3) is 4.31. The molecule has 1 aromatic carbocycles. The van der Waals surface area contributed by atoms with Gasteiger partial charge in [-0.25, -0.2) is 0 Å². The highest BCUT2D eigenvalue weighted by molar-refractivity contribution is 6.33. The maximum absolute atomic E-state index is 13.3. The summed E-state index contributed by atoms with van der Waals surface area (Å²) in [4.78, 5) is 15.2. The first-order valence-electron chi connectivity index (χ1n) is 8.99. The summed E-state index contributed by atoms with van der Waals surface area (Å²) >= 11 is 6.40. The Morgan fingerprint density at radius 2 is 2.00 bits per heavy atom. The summed E-state index contributed by atoms with van der Waals surface area (Å²) in [7, 11) is 0. The van der Waals surface area contributed by atoms with Gasteiger partial charge < -0.3 is 10.6 Å². The van der Waals surface area contributed by atoms with Gasteiger partial charge in [0.2, 0.25) is 0 Å². The summed E-state index contributed by atoms with van der Waals surface area (Å²) in [6, 6.07) is 7.51. The molecule has 1 amide bonds. The molecule has 2 heterocycles. The lowest BCUT2D eigenvalue weighted by Crippen LogP contribution is -2.34. The van der Waals surface area contributed by atoms with Crippen LogP contribution in [0.5, 0.6) is 0 Å². The Morgan fingerprint density at radius 3 is 2.56 bits per heavy atom. The van der Waals surface area contributed by atoms with Crippen molar-refractivity contribution in [3.05, 3.63) is 41.0 Å². The van der Waals surface area contributed by atoms with Crippen LogP contribution < -0.4 is 5.73 Å². The van der Waals surface area contributed by atoms with E-state index in [9.17, 15) is 4.79 Å². The Bertz CT molecular complexity index is 828. The van der Waals surface area contributed by atoms with Crippen LogP contribution in [0.4, 0.5) is 0 Å². The number of carbonyl (C=O) groups excluding carboxylic acids is 1. The Hall–Kier alpha value is -1.56. The highest BCUT2D eigenvalue weighted by Crippen LogP contribution is 2.34. The first-order chi connectivity index (χ1) is 12.1. The van der Waals surface area contributed by atoms with E-state index >= 15 is 0 Å². The van der Waals surface area contributed by atoms with Crippen molar-refractivity contribution >= 4 is 29.9 Å². The summed E-state index contributed by atoms with van der Waals surface area (Å²) in [5.41, 5.74) is 7.66. The molecule has 1 fully saturated rings. The van der Waals surface area contributed by atoms with Crippen LogP contribution in [0.15, 0.2) is 30.5 Å². The number of nitrogens with zero attached hydrogens (tertiary/aromatic N) is 3. The van der Waals surface area contributed by atoms with Gasteiger partial charge >= 0.3 is 0 Å². The predicted octanol–water partition coefficient (Wildman–Crippen LogP) is 4.19. The summed E-state index contributed by atoms with van der Waals surface area (Å²) in [6.45, 7) is 10.3. The molecule has 1 unspecified atom stereocenters. The van der Waals surface area contributed by atoms with Crippen LogP contribution in [-0.4, -0.2) is 40.2 Å². The number of nitrogens with two attached hydrogens (primary N) is 1. The molecule has 5 nitrogen and oxygen atoms in total. The van der Waals surface area contributed by atoms with Crippen LogP contribution in [0.25, 0.3) is 11.3 Å². The van der Waals surface area contributed by atoms with Crippen molar-refractivity contribution < 1.29 is 4.79 Å². The van der Waals surface area contributed by atoms with Crippen LogP contribution in [0.1, 0.15) is 44.5 Å². The Labute approximate surface area is 172 Å². The second-order valence-electron chi connectivity index (χ2n) is 8.48. The van der Waals surface area contributed by atoms with Crippen LogP contribution in [0.2, 0.25) is 5.02 Å². The molecule has 0 radical (unpaired) electrons. The highest BCUT2D eigenvalue weighted by Gasteiger charge is 2.37. The smallest absolute Gasteiger partial charge is 0.257 e. The third-order valence-corrected chi connectivity index (χ3v) is 5.43. The van der Waals surface area contributed by atoms with Gasteiger partial charge in [-0.2, -0.15) is 5.10 Å². The molecule has 0 saturated carbocycles. The lowest BCUT2D eigenvalue weighted by molar-refractivity contribution is 0.0777. The zero-order valence-electron chi connectivity index (χ0n) is 16.3. The number of benzene rings is 1. The van der Waals surface area contributed by atoms with Crippen molar-refractivity contribution in [1.82, 2.24) is 14.7 Å². The van der Waals surface area contributed by atoms with Crippen molar-refractivity contribution in [1.29, 1.82) is 0 Å². The normalized spacial score (nSPS) is 19.9. The van der Waals surface area contributed by atoms with E-state index in [1.165, 1.54) is 0 Å². The van der Waals surface area contributed by atoms with E-state index in [2.05, 4.69) is 27.7 Å². The summed E-state index contributed by atoms with van der Waals surface area (Å²) in [6.07, 6.45) is 2.77. The number of amides is 1. The van der Waals surface area contributed by atoms with Crippen LogP contribution >= 0.6 is 24.0 Å². The lowest BCUT2D eigenvalue weighted by atomic mass is 9.90. The molecular weight excluding hydrogens is 383 g/mol. The van der Waals surface area contributed by atoms with E-state index in [-0.39, 0.29) is 29.3 Å². The SMILES string of the molecule is CC1(CN)CCN(C(=O)c2cn(C(C)(C)C)nc2-c2ccccc2Cl)C1.Cl. The standard InChI is InChI=1S/C20H27ClN4O.ClH/c1-19(2,3)25-11-15(17(23-25)14-7-5-6-8-16(14)21)18(26)24-10-9-20(4,12-22)13-24;/h5-8,11H,9-10,12-13,22H2,1-4H3;1H. The van der Waals surface area contributed by atoms with Crippen LogP contribution in [0, 0.1) is 5.41 Å². The zero-order chi connectivity index (χ0) is 19.1. The minimum Gasteiger partial charge on any atom is -0.338 e. The zero-order valence-corrected chi connectivity index (χ0v) is 17.9. The van der Waals surface area contributed by atoms with Gasteiger partial charge in [0, 0.05) is 24.8 Å². The number of rotatable bonds is 3. The molecule has 2 N–H and O–H groups in total. The number of hydrogen-bond acceptors (Lipinski definition) is 3. The molecule has 1 aliphatic rings. The van der Waals surface area contributed by atoms with Gasteiger partial charge in [0.1, 0.15) is 5.69 Å². The van der Waals surface area contributed by atoms with Gasteiger partial charge in [0.15, 0.2) is 0 Å². The van der Waals surface area contributed by atoms with E-state index in [0.717, 1.165) is 18.5 Å². The molecule has 0 aliphatic carbocycles. The third-order valence-electron chi connectivity index (χ3n) is 5.10. The van der Waals surface area contributed by atoms with Gasteiger partial charge in [-0.15, -0.1) is 12.4 Å². The van der Waals surface area contributed by atoms with Crippen molar-refractivity contribution in [2.24, 2.45) is 11.1 Å². The van der Waals surface area contributed by atoms with E-state index in [1.807, 2.05) is 40.0 Å². The Morgan fingerprint density at radius 1 is 1.33 bits per heavy atom. The van der Waals surface area contributed by atoms with Crippen molar-refractivity contribution in [3.63, 3.8) is 0 Å². The fourth-order valence-electron chi connectivity index (χ4n) is 3.26. The van der Waals surface area contributed by atoms with E-state index < -0.39 is 0 Å². The summed E-state index contributed by atoms with van der Waals surface area (Å²) < 4.78 is 1.84. The Kier molecular flexibility index (Phi) is 6.30. The van der Waals surface area contributed by atoms with E-state index in [1.54, 1.807) is 0 Å². The minimum absolute atomic E-state index is 0. The largest absolute Gasteiger partial charge is 0.338 e. The molecule has 0 bridgehead atoms. The number of likely N-dealkylation sites (tertiary alicyclic amines) is 1. The fourth-order valence-corrected chi connectivity index (χ4v) is 3.49. The molecule has 1 aliphatic heterocycles.